The predicted molar refractivity (Wildman–Crippen MR) is 101 cm³/mol. The zero-order valence-electron chi connectivity index (χ0n) is 14.1. The van der Waals surface area contributed by atoms with Gasteiger partial charge in [-0.3, -0.25) is 9.59 Å². The molecule has 0 aliphatic heterocycles. The smallest absolute Gasteiger partial charge is 0.228 e. The molecule has 1 atom stereocenters. The maximum Gasteiger partial charge on any atom is 0.228 e. The van der Waals surface area contributed by atoms with Gasteiger partial charge in [-0.15, -0.1) is 0 Å². The van der Waals surface area contributed by atoms with Crippen LogP contribution in [0.15, 0.2) is 48.5 Å². The van der Waals surface area contributed by atoms with Crippen LogP contribution in [-0.2, 0) is 9.59 Å². The average molecular weight is 353 g/mol. The summed E-state index contributed by atoms with van der Waals surface area (Å²) in [5.41, 5.74) is 2.89. The summed E-state index contributed by atoms with van der Waals surface area (Å²) in [6.07, 6.45) is 0.151. The van der Waals surface area contributed by atoms with Crippen molar-refractivity contribution in [1.82, 2.24) is 10.3 Å². The Bertz CT molecular complexity index is 869. The van der Waals surface area contributed by atoms with Crippen LogP contribution in [0.25, 0.3) is 10.2 Å². The quantitative estimate of drug-likeness (QED) is 0.733. The van der Waals surface area contributed by atoms with Gasteiger partial charge in [0, 0.05) is 6.92 Å². The Hall–Kier alpha value is -2.73. The van der Waals surface area contributed by atoms with Gasteiger partial charge in [0.15, 0.2) is 5.13 Å². The lowest BCUT2D eigenvalue weighted by Gasteiger charge is -2.18. The highest BCUT2D eigenvalue weighted by Gasteiger charge is 2.18. The third kappa shape index (κ3) is 4.42. The number of thiazole rings is 1. The molecule has 0 radical (unpaired) electrons. The third-order valence-electron chi connectivity index (χ3n) is 3.79. The number of nitrogens with one attached hydrogen (secondary N) is 2. The van der Waals surface area contributed by atoms with Gasteiger partial charge in [-0.05, 0) is 24.6 Å². The van der Waals surface area contributed by atoms with Crippen molar-refractivity contribution in [3.05, 3.63) is 59.7 Å². The lowest BCUT2D eigenvalue weighted by Crippen LogP contribution is -2.29. The summed E-state index contributed by atoms with van der Waals surface area (Å²) < 4.78 is 1.02. The summed E-state index contributed by atoms with van der Waals surface area (Å²) in [7, 11) is 0. The minimum Gasteiger partial charge on any atom is -0.349 e. The molecule has 1 unspecified atom stereocenters. The molecule has 0 aliphatic carbocycles. The summed E-state index contributed by atoms with van der Waals surface area (Å²) in [5, 5.41) is 6.24. The molecule has 1 aromatic heterocycles. The molecule has 3 rings (SSSR count). The van der Waals surface area contributed by atoms with Crippen LogP contribution in [0.4, 0.5) is 5.13 Å². The van der Waals surface area contributed by atoms with Crippen LogP contribution in [0, 0.1) is 6.92 Å². The van der Waals surface area contributed by atoms with Crippen LogP contribution < -0.4 is 10.6 Å². The molecule has 128 valence electrons. The van der Waals surface area contributed by atoms with E-state index >= 15 is 0 Å². The Labute approximate surface area is 150 Å². The van der Waals surface area contributed by atoms with Crippen LogP contribution in [-0.4, -0.2) is 16.8 Å². The normalized spacial score (nSPS) is 11.9. The largest absolute Gasteiger partial charge is 0.349 e. The third-order valence-corrected chi connectivity index (χ3v) is 4.74. The summed E-state index contributed by atoms with van der Waals surface area (Å²) in [5.74, 6) is -0.350. The number of hydrogen-bond donors (Lipinski definition) is 2. The van der Waals surface area contributed by atoms with E-state index in [1.54, 1.807) is 0 Å². The van der Waals surface area contributed by atoms with Crippen molar-refractivity contribution in [3.63, 3.8) is 0 Å². The number of anilines is 1. The molecule has 0 aliphatic rings. The molecule has 3 aromatic rings. The van der Waals surface area contributed by atoms with Crippen LogP contribution in [0.5, 0.6) is 0 Å². The number of carbonyl (C=O) groups excluding carboxylic acids is 2. The molecular weight excluding hydrogens is 334 g/mol. The zero-order valence-corrected chi connectivity index (χ0v) is 14.9. The molecule has 0 spiro atoms. The van der Waals surface area contributed by atoms with E-state index in [0.29, 0.717) is 5.13 Å². The minimum absolute atomic E-state index is 0.151. The van der Waals surface area contributed by atoms with Crippen molar-refractivity contribution < 1.29 is 9.59 Å². The molecule has 0 saturated heterocycles. The molecule has 25 heavy (non-hydrogen) atoms. The molecule has 0 saturated carbocycles. The molecule has 0 bridgehead atoms. The minimum atomic E-state index is -0.368. The first kappa shape index (κ1) is 17.1. The maximum atomic E-state index is 12.4. The number of nitrogens with zero attached hydrogens (tertiary/aromatic N) is 1. The fourth-order valence-electron chi connectivity index (χ4n) is 2.58. The van der Waals surface area contributed by atoms with E-state index in [1.165, 1.54) is 18.3 Å². The van der Waals surface area contributed by atoms with Gasteiger partial charge in [0.05, 0.1) is 22.7 Å². The molecule has 2 amide bonds. The number of hydrogen-bond acceptors (Lipinski definition) is 4. The Kier molecular flexibility index (Phi) is 5.09. The van der Waals surface area contributed by atoms with Gasteiger partial charge in [0.2, 0.25) is 11.8 Å². The average Bonchev–Trinajstić information content (AvgIpc) is 2.96. The first-order valence-electron chi connectivity index (χ1n) is 8.00. The number of carbonyl (C=O) groups is 2. The van der Waals surface area contributed by atoms with Crippen LogP contribution >= 0.6 is 11.3 Å². The van der Waals surface area contributed by atoms with E-state index in [4.69, 9.17) is 0 Å². The second kappa shape index (κ2) is 7.44. The lowest BCUT2D eigenvalue weighted by molar-refractivity contribution is -0.120. The highest BCUT2D eigenvalue weighted by atomic mass is 32.1. The van der Waals surface area contributed by atoms with Gasteiger partial charge >= 0.3 is 0 Å². The topological polar surface area (TPSA) is 71.1 Å². The van der Waals surface area contributed by atoms with Gasteiger partial charge < -0.3 is 10.6 Å². The fraction of sp³-hybridized carbons (Fsp3) is 0.211. The summed E-state index contributed by atoms with van der Waals surface area (Å²) in [6, 6.07) is 15.2. The van der Waals surface area contributed by atoms with Gasteiger partial charge in [0.1, 0.15) is 0 Å². The predicted octanol–water partition coefficient (Wildman–Crippen LogP) is 3.81. The number of benzene rings is 2. The SMILES string of the molecule is CC(=O)NC(CC(=O)Nc1nc2ccccc2s1)c1ccc(C)cc1. The van der Waals surface area contributed by atoms with E-state index in [9.17, 15) is 9.59 Å². The molecule has 6 heteroatoms. The first-order chi connectivity index (χ1) is 12.0. The van der Waals surface area contributed by atoms with Crippen LogP contribution in [0.1, 0.15) is 30.5 Å². The molecule has 0 fully saturated rings. The van der Waals surface area contributed by atoms with Gasteiger partial charge in [-0.2, -0.15) is 0 Å². The highest BCUT2D eigenvalue weighted by Crippen LogP contribution is 2.26. The Morgan fingerprint density at radius 3 is 2.52 bits per heavy atom. The zero-order chi connectivity index (χ0) is 17.8. The first-order valence-corrected chi connectivity index (χ1v) is 8.82. The molecule has 2 N–H and O–H groups in total. The second-order valence-corrected chi connectivity index (χ2v) is 6.93. The van der Waals surface area contributed by atoms with Crippen LogP contribution in [0.3, 0.4) is 0 Å². The van der Waals surface area contributed by atoms with Gasteiger partial charge in [-0.1, -0.05) is 53.3 Å². The monoisotopic (exact) mass is 353 g/mol. The number of aromatic nitrogens is 1. The Balaban J connectivity index is 1.72. The molecular formula is C19H19N3O2S. The Morgan fingerprint density at radius 1 is 1.12 bits per heavy atom. The van der Waals surface area contributed by atoms with Crippen molar-refractivity contribution >= 4 is 38.5 Å². The van der Waals surface area contributed by atoms with Crippen molar-refractivity contribution in [3.8, 4) is 0 Å². The molecule has 5 nitrogen and oxygen atoms in total. The van der Waals surface area contributed by atoms with Crippen molar-refractivity contribution in [2.45, 2.75) is 26.3 Å². The van der Waals surface area contributed by atoms with E-state index in [1.807, 2.05) is 55.5 Å². The number of rotatable bonds is 5. The Morgan fingerprint density at radius 2 is 1.84 bits per heavy atom. The van der Waals surface area contributed by atoms with E-state index < -0.39 is 0 Å². The van der Waals surface area contributed by atoms with E-state index in [-0.39, 0.29) is 24.3 Å². The second-order valence-electron chi connectivity index (χ2n) is 5.90. The number of para-hydroxylation sites is 1. The number of fused-ring (bicyclic) bond motifs is 1. The van der Waals surface area contributed by atoms with Crippen LogP contribution in [0.2, 0.25) is 0 Å². The fourth-order valence-corrected chi connectivity index (χ4v) is 3.46. The summed E-state index contributed by atoms with van der Waals surface area (Å²) in [4.78, 5) is 28.3. The summed E-state index contributed by atoms with van der Waals surface area (Å²) >= 11 is 1.43. The number of amides is 2. The van der Waals surface area contributed by atoms with E-state index in [2.05, 4.69) is 15.6 Å². The molecule has 2 aromatic carbocycles. The molecule has 1 heterocycles. The van der Waals surface area contributed by atoms with Crippen molar-refractivity contribution in [2.24, 2.45) is 0 Å². The van der Waals surface area contributed by atoms with Crippen molar-refractivity contribution in [1.29, 1.82) is 0 Å². The lowest BCUT2D eigenvalue weighted by atomic mass is 10.0. The van der Waals surface area contributed by atoms with Gasteiger partial charge in [0.25, 0.3) is 0 Å². The maximum absolute atomic E-state index is 12.4. The van der Waals surface area contributed by atoms with E-state index in [0.717, 1.165) is 21.3 Å². The standard InChI is InChI=1S/C19H19N3O2S/c1-12-7-9-14(10-8-12)16(20-13(2)23)11-18(24)22-19-21-15-5-3-4-6-17(15)25-19/h3-10,16H,11H2,1-2H3,(H,20,23)(H,21,22,24). The highest BCUT2D eigenvalue weighted by molar-refractivity contribution is 7.22. The number of aryl methyl sites for hydroxylation is 1. The van der Waals surface area contributed by atoms with Gasteiger partial charge in [-0.25, -0.2) is 4.98 Å². The summed E-state index contributed by atoms with van der Waals surface area (Å²) in [6.45, 7) is 3.45. The van der Waals surface area contributed by atoms with Crippen molar-refractivity contribution in [2.75, 3.05) is 5.32 Å².